The van der Waals surface area contributed by atoms with E-state index in [1.165, 1.54) is 16.5 Å². The van der Waals surface area contributed by atoms with Gasteiger partial charge in [-0.15, -0.1) is 0 Å². The number of nitrogens with one attached hydrogen (secondary N) is 1. The van der Waals surface area contributed by atoms with Crippen LogP contribution in [0.25, 0.3) is 10.8 Å². The molecular weight excluding hydrogens is 338 g/mol. The highest BCUT2D eigenvalue weighted by atomic mass is 16.5. The quantitative estimate of drug-likeness (QED) is 0.652. The first-order chi connectivity index (χ1) is 13.2. The second-order valence-electron chi connectivity index (χ2n) is 7.22. The fraction of sp³-hybridized carbons (Fsp3) is 0.217. The molecule has 0 bridgehead atoms. The van der Waals surface area contributed by atoms with Crippen LogP contribution in [0.15, 0.2) is 78.2 Å². The molecule has 0 spiro atoms. The number of anilines is 1. The molecule has 3 aromatic carbocycles. The van der Waals surface area contributed by atoms with E-state index in [4.69, 9.17) is 4.74 Å². The Morgan fingerprint density at radius 3 is 2.41 bits per heavy atom. The Morgan fingerprint density at radius 2 is 1.67 bits per heavy atom. The van der Waals surface area contributed by atoms with Gasteiger partial charge in [-0.25, -0.2) is 0 Å². The predicted octanol–water partition coefficient (Wildman–Crippen LogP) is 3.75. The highest BCUT2D eigenvalue weighted by Gasteiger charge is 2.38. The minimum absolute atomic E-state index is 0.0105. The predicted molar refractivity (Wildman–Crippen MR) is 105 cm³/mol. The average Bonchev–Trinajstić information content (AvgIpc) is 2.71. The van der Waals surface area contributed by atoms with E-state index in [9.17, 15) is 10.2 Å². The molecule has 27 heavy (non-hydrogen) atoms. The van der Waals surface area contributed by atoms with E-state index in [1.807, 2.05) is 30.3 Å². The lowest BCUT2D eigenvalue weighted by Crippen LogP contribution is -2.40. The van der Waals surface area contributed by atoms with Crippen molar-refractivity contribution in [2.24, 2.45) is 0 Å². The van der Waals surface area contributed by atoms with Gasteiger partial charge < -0.3 is 20.3 Å². The number of rotatable bonds is 2. The average molecular weight is 359 g/mol. The molecule has 136 valence electrons. The van der Waals surface area contributed by atoms with Gasteiger partial charge in [0.25, 0.3) is 0 Å². The van der Waals surface area contributed by atoms with Crippen LogP contribution in [0.5, 0.6) is 0 Å². The van der Waals surface area contributed by atoms with Gasteiger partial charge in [0.1, 0.15) is 6.10 Å². The standard InChI is InChI=1S/C23H21NO3/c25-13-21-20(26)12-18-22(14-6-2-1-3-7-14)17-10-15-8-4-5-9-16(15)11-19(17)24-23(18)27-21/h1-11,20-22,24-26H,12-13H2/t20-,21+,22-/m0/s1. The van der Waals surface area contributed by atoms with E-state index in [0.717, 1.165) is 16.6 Å². The fourth-order valence-corrected chi connectivity index (χ4v) is 4.21. The summed E-state index contributed by atoms with van der Waals surface area (Å²) in [5.74, 6) is 0.673. The van der Waals surface area contributed by atoms with Crippen LogP contribution in [-0.4, -0.2) is 29.0 Å². The van der Waals surface area contributed by atoms with Crippen molar-refractivity contribution in [2.45, 2.75) is 24.5 Å². The first-order valence-electron chi connectivity index (χ1n) is 9.28. The maximum absolute atomic E-state index is 10.4. The van der Waals surface area contributed by atoms with Crippen molar-refractivity contribution in [3.05, 3.63) is 89.3 Å². The van der Waals surface area contributed by atoms with Gasteiger partial charge in [0.2, 0.25) is 0 Å². The number of fused-ring (bicyclic) bond motifs is 2. The summed E-state index contributed by atoms with van der Waals surface area (Å²) < 4.78 is 5.94. The van der Waals surface area contributed by atoms with Crippen molar-refractivity contribution < 1.29 is 14.9 Å². The van der Waals surface area contributed by atoms with E-state index in [0.29, 0.717) is 12.3 Å². The molecule has 3 N–H and O–H groups in total. The lowest BCUT2D eigenvalue weighted by molar-refractivity contribution is -0.0472. The third-order valence-electron chi connectivity index (χ3n) is 5.56. The van der Waals surface area contributed by atoms with Crippen LogP contribution >= 0.6 is 0 Å². The van der Waals surface area contributed by atoms with Gasteiger partial charge >= 0.3 is 0 Å². The van der Waals surface area contributed by atoms with Crippen molar-refractivity contribution in [3.63, 3.8) is 0 Å². The van der Waals surface area contributed by atoms with Crippen molar-refractivity contribution in [3.8, 4) is 0 Å². The molecule has 0 radical (unpaired) electrons. The van der Waals surface area contributed by atoms with Crippen molar-refractivity contribution in [1.82, 2.24) is 0 Å². The molecule has 2 aliphatic heterocycles. The van der Waals surface area contributed by atoms with Gasteiger partial charge in [0.05, 0.1) is 12.7 Å². The minimum atomic E-state index is -0.719. The SMILES string of the molecule is OC[C@H]1OC2=C(C[C@@H]1O)[C@@H](c1ccccc1)c1cc3ccccc3cc1N2. The third kappa shape index (κ3) is 2.69. The van der Waals surface area contributed by atoms with Crippen molar-refractivity contribution >= 4 is 16.5 Å². The molecule has 2 aliphatic rings. The first kappa shape index (κ1) is 16.4. The maximum Gasteiger partial charge on any atom is 0.191 e. The second-order valence-corrected chi connectivity index (χ2v) is 7.22. The van der Waals surface area contributed by atoms with Gasteiger partial charge in [-0.05, 0) is 34.0 Å². The zero-order valence-corrected chi connectivity index (χ0v) is 14.8. The molecule has 3 aromatic rings. The molecule has 0 amide bonds. The Bertz CT molecular complexity index is 1030. The highest BCUT2D eigenvalue weighted by molar-refractivity contribution is 5.89. The molecule has 4 nitrogen and oxygen atoms in total. The zero-order valence-electron chi connectivity index (χ0n) is 14.8. The summed E-state index contributed by atoms with van der Waals surface area (Å²) in [7, 11) is 0. The third-order valence-corrected chi connectivity index (χ3v) is 5.56. The van der Waals surface area contributed by atoms with E-state index in [2.05, 4.69) is 41.7 Å². The van der Waals surface area contributed by atoms with Crippen LogP contribution in [0, 0.1) is 0 Å². The van der Waals surface area contributed by atoms with Gasteiger partial charge in [-0.3, -0.25) is 0 Å². The largest absolute Gasteiger partial charge is 0.470 e. The smallest absolute Gasteiger partial charge is 0.191 e. The molecule has 0 saturated carbocycles. The Morgan fingerprint density at radius 1 is 0.963 bits per heavy atom. The Kier molecular flexibility index (Phi) is 3.88. The fourth-order valence-electron chi connectivity index (χ4n) is 4.21. The minimum Gasteiger partial charge on any atom is -0.470 e. The summed E-state index contributed by atoms with van der Waals surface area (Å²) >= 11 is 0. The molecule has 0 saturated heterocycles. The number of benzene rings is 3. The lowest BCUT2D eigenvalue weighted by Gasteiger charge is -2.39. The lowest BCUT2D eigenvalue weighted by atomic mass is 9.78. The Labute approximate surface area is 157 Å². The number of ether oxygens (including phenoxy) is 1. The van der Waals surface area contributed by atoms with Crippen LogP contribution < -0.4 is 5.32 Å². The Hall–Kier alpha value is -2.82. The van der Waals surface area contributed by atoms with Gasteiger partial charge in [0, 0.05) is 23.6 Å². The number of aliphatic hydroxyl groups is 2. The van der Waals surface area contributed by atoms with Crippen LogP contribution in [0.3, 0.4) is 0 Å². The van der Waals surface area contributed by atoms with Crippen LogP contribution in [-0.2, 0) is 4.74 Å². The molecule has 0 aromatic heterocycles. The second kappa shape index (κ2) is 6.41. The summed E-state index contributed by atoms with van der Waals surface area (Å²) in [6.45, 7) is -0.208. The molecule has 0 fully saturated rings. The topological polar surface area (TPSA) is 61.7 Å². The van der Waals surface area contributed by atoms with Gasteiger partial charge in [0.15, 0.2) is 5.88 Å². The highest BCUT2D eigenvalue weighted by Crippen LogP contribution is 2.47. The monoisotopic (exact) mass is 359 g/mol. The van der Waals surface area contributed by atoms with Crippen LogP contribution in [0.1, 0.15) is 23.5 Å². The van der Waals surface area contributed by atoms with Gasteiger partial charge in [-0.1, -0.05) is 54.6 Å². The molecule has 2 heterocycles. The molecule has 0 aliphatic carbocycles. The van der Waals surface area contributed by atoms with Crippen LogP contribution in [0.4, 0.5) is 5.69 Å². The summed E-state index contributed by atoms with van der Waals surface area (Å²) in [5.41, 5.74) is 4.38. The molecular formula is C23H21NO3. The first-order valence-corrected chi connectivity index (χ1v) is 9.28. The maximum atomic E-state index is 10.4. The summed E-state index contributed by atoms with van der Waals surface area (Å²) in [6, 6.07) is 23.0. The summed E-state index contributed by atoms with van der Waals surface area (Å²) in [6.07, 6.45) is -0.849. The van der Waals surface area contributed by atoms with Crippen molar-refractivity contribution in [2.75, 3.05) is 11.9 Å². The van der Waals surface area contributed by atoms with E-state index >= 15 is 0 Å². The normalized spacial score (nSPS) is 24.0. The number of hydrogen-bond acceptors (Lipinski definition) is 4. The van der Waals surface area contributed by atoms with Gasteiger partial charge in [-0.2, -0.15) is 0 Å². The number of aliphatic hydroxyl groups excluding tert-OH is 2. The molecule has 4 heteroatoms. The summed E-state index contributed by atoms with van der Waals surface area (Å²) in [5, 5.41) is 25.7. The zero-order chi connectivity index (χ0) is 18.4. The number of hydrogen-bond donors (Lipinski definition) is 3. The van der Waals surface area contributed by atoms with Crippen LogP contribution in [0.2, 0.25) is 0 Å². The molecule has 5 rings (SSSR count). The molecule has 3 atom stereocenters. The summed E-state index contributed by atoms with van der Waals surface area (Å²) in [4.78, 5) is 0. The van der Waals surface area contributed by atoms with E-state index in [1.54, 1.807) is 0 Å². The van der Waals surface area contributed by atoms with E-state index in [-0.39, 0.29) is 12.5 Å². The van der Waals surface area contributed by atoms with Crippen molar-refractivity contribution in [1.29, 1.82) is 0 Å². The Balaban J connectivity index is 1.72. The van der Waals surface area contributed by atoms with E-state index < -0.39 is 12.2 Å². The molecule has 0 unspecified atom stereocenters.